The summed E-state index contributed by atoms with van der Waals surface area (Å²) in [5, 5.41) is 15.5. The van der Waals surface area contributed by atoms with Gasteiger partial charge in [-0.3, -0.25) is 0 Å². The van der Waals surface area contributed by atoms with E-state index in [9.17, 15) is 0 Å². The van der Waals surface area contributed by atoms with E-state index in [1.807, 2.05) is 48.5 Å². The molecule has 0 unspecified atom stereocenters. The minimum absolute atomic E-state index is 0.152. The molecule has 0 fully saturated rings. The first-order valence-corrected chi connectivity index (χ1v) is 8.43. The Morgan fingerprint density at radius 1 is 0.923 bits per heavy atom. The molecule has 0 aliphatic rings. The summed E-state index contributed by atoms with van der Waals surface area (Å²) in [4.78, 5) is 9.24. The van der Waals surface area contributed by atoms with Gasteiger partial charge < -0.3 is 10.6 Å². The van der Waals surface area contributed by atoms with E-state index in [2.05, 4.69) is 47.4 Å². The highest BCUT2D eigenvalue weighted by Gasteiger charge is 2.14. The van der Waals surface area contributed by atoms with Gasteiger partial charge in [-0.2, -0.15) is 10.2 Å². The van der Waals surface area contributed by atoms with Gasteiger partial charge in [-0.15, -0.1) is 0 Å². The molecule has 5 heteroatoms. The van der Waals surface area contributed by atoms with Crippen molar-refractivity contribution in [2.24, 2.45) is 0 Å². The minimum atomic E-state index is -0.152. The van der Waals surface area contributed by atoms with Gasteiger partial charge in [0, 0.05) is 22.9 Å². The van der Waals surface area contributed by atoms with E-state index in [0.29, 0.717) is 17.3 Å². The summed E-state index contributed by atoms with van der Waals surface area (Å²) in [6.07, 6.45) is 0. The van der Waals surface area contributed by atoms with Gasteiger partial charge in [0.25, 0.3) is 0 Å². The van der Waals surface area contributed by atoms with E-state index in [1.54, 1.807) is 12.1 Å². The maximum Gasteiger partial charge on any atom is 0.225 e. The molecule has 0 aliphatic heterocycles. The predicted molar refractivity (Wildman–Crippen MR) is 105 cm³/mol. The molecule has 5 nitrogen and oxygen atoms in total. The summed E-state index contributed by atoms with van der Waals surface area (Å²) in [6, 6.07) is 21.3. The second-order valence-corrected chi connectivity index (χ2v) is 7.02. The maximum absolute atomic E-state index is 8.93. The molecule has 0 amide bonds. The number of aromatic nitrogens is 2. The molecular weight excluding hydrogens is 322 g/mol. The topological polar surface area (TPSA) is 73.6 Å². The standard InChI is InChI=1S/C21H21N5/c1-21(2,3)26-20-24-18(16-7-5-4-6-8-16)13-19(25-20)23-17-11-9-15(14-22)10-12-17/h4-13H,1-3H3,(H2,23,24,25,26). The Balaban J connectivity index is 1.97. The third kappa shape index (κ3) is 4.58. The Labute approximate surface area is 153 Å². The molecular formula is C21H21N5. The molecule has 0 saturated heterocycles. The monoisotopic (exact) mass is 343 g/mol. The van der Waals surface area contributed by atoms with Crippen molar-refractivity contribution in [1.82, 2.24) is 9.97 Å². The van der Waals surface area contributed by atoms with Crippen LogP contribution in [0.15, 0.2) is 60.7 Å². The summed E-state index contributed by atoms with van der Waals surface area (Å²) >= 11 is 0. The van der Waals surface area contributed by atoms with Gasteiger partial charge in [-0.25, -0.2) is 4.98 Å². The van der Waals surface area contributed by atoms with E-state index < -0.39 is 0 Å². The molecule has 0 bridgehead atoms. The molecule has 0 radical (unpaired) electrons. The molecule has 1 aromatic heterocycles. The van der Waals surface area contributed by atoms with Crippen molar-refractivity contribution in [3.8, 4) is 17.3 Å². The minimum Gasteiger partial charge on any atom is -0.350 e. The number of anilines is 3. The van der Waals surface area contributed by atoms with Crippen molar-refractivity contribution in [3.05, 3.63) is 66.2 Å². The molecule has 1 heterocycles. The summed E-state index contributed by atoms with van der Waals surface area (Å²) in [5.74, 6) is 1.25. The van der Waals surface area contributed by atoms with Crippen LogP contribution in [0.4, 0.5) is 17.5 Å². The van der Waals surface area contributed by atoms with Gasteiger partial charge in [0.15, 0.2) is 0 Å². The molecule has 0 saturated carbocycles. The van der Waals surface area contributed by atoms with Crippen molar-refractivity contribution in [1.29, 1.82) is 5.26 Å². The van der Waals surface area contributed by atoms with Gasteiger partial charge in [-0.05, 0) is 45.0 Å². The molecule has 3 rings (SSSR count). The van der Waals surface area contributed by atoms with Gasteiger partial charge in [0.05, 0.1) is 17.3 Å². The average molecular weight is 343 g/mol. The maximum atomic E-state index is 8.93. The van der Waals surface area contributed by atoms with Crippen molar-refractivity contribution in [2.75, 3.05) is 10.6 Å². The van der Waals surface area contributed by atoms with Crippen LogP contribution < -0.4 is 10.6 Å². The highest BCUT2D eigenvalue weighted by atomic mass is 15.2. The second kappa shape index (κ2) is 7.24. The number of hydrogen-bond acceptors (Lipinski definition) is 5. The quantitative estimate of drug-likeness (QED) is 0.699. The summed E-state index contributed by atoms with van der Waals surface area (Å²) in [6.45, 7) is 6.21. The fourth-order valence-corrected chi connectivity index (χ4v) is 2.44. The normalized spacial score (nSPS) is 10.8. The Morgan fingerprint density at radius 3 is 2.23 bits per heavy atom. The fourth-order valence-electron chi connectivity index (χ4n) is 2.44. The first-order chi connectivity index (χ1) is 12.4. The van der Waals surface area contributed by atoms with Crippen LogP contribution in [0.25, 0.3) is 11.3 Å². The fraction of sp³-hybridized carbons (Fsp3) is 0.190. The zero-order valence-electron chi connectivity index (χ0n) is 15.1. The van der Waals surface area contributed by atoms with Crippen LogP contribution in [0.1, 0.15) is 26.3 Å². The van der Waals surface area contributed by atoms with Crippen LogP contribution >= 0.6 is 0 Å². The molecule has 2 N–H and O–H groups in total. The van der Waals surface area contributed by atoms with Crippen LogP contribution in [-0.2, 0) is 0 Å². The van der Waals surface area contributed by atoms with Gasteiger partial charge in [-0.1, -0.05) is 30.3 Å². The van der Waals surface area contributed by atoms with E-state index in [0.717, 1.165) is 16.9 Å². The third-order valence-electron chi connectivity index (χ3n) is 3.57. The Hall–Kier alpha value is -3.39. The van der Waals surface area contributed by atoms with Crippen LogP contribution in [0.5, 0.6) is 0 Å². The van der Waals surface area contributed by atoms with Crippen LogP contribution in [0.2, 0.25) is 0 Å². The molecule has 2 aromatic carbocycles. The average Bonchev–Trinajstić information content (AvgIpc) is 2.61. The molecule has 0 aliphatic carbocycles. The van der Waals surface area contributed by atoms with E-state index in [1.165, 1.54) is 0 Å². The third-order valence-corrected chi connectivity index (χ3v) is 3.57. The predicted octanol–water partition coefficient (Wildman–Crippen LogP) is 4.97. The highest BCUT2D eigenvalue weighted by Crippen LogP contribution is 2.24. The van der Waals surface area contributed by atoms with Gasteiger partial charge >= 0.3 is 0 Å². The number of nitrogens with zero attached hydrogens (tertiary/aromatic N) is 3. The lowest BCUT2D eigenvalue weighted by molar-refractivity contribution is 0.626. The highest BCUT2D eigenvalue weighted by molar-refractivity contribution is 5.67. The van der Waals surface area contributed by atoms with Crippen molar-refractivity contribution in [2.45, 2.75) is 26.3 Å². The number of nitriles is 1. The lowest BCUT2D eigenvalue weighted by Gasteiger charge is -2.21. The Bertz CT molecular complexity index is 919. The lowest BCUT2D eigenvalue weighted by atomic mass is 10.1. The zero-order chi connectivity index (χ0) is 18.6. The van der Waals surface area contributed by atoms with E-state index in [4.69, 9.17) is 5.26 Å². The largest absolute Gasteiger partial charge is 0.350 e. The lowest BCUT2D eigenvalue weighted by Crippen LogP contribution is -2.27. The summed E-state index contributed by atoms with van der Waals surface area (Å²) in [5.41, 5.74) is 3.20. The molecule has 130 valence electrons. The molecule has 3 aromatic rings. The van der Waals surface area contributed by atoms with Crippen molar-refractivity contribution in [3.63, 3.8) is 0 Å². The smallest absolute Gasteiger partial charge is 0.225 e. The second-order valence-electron chi connectivity index (χ2n) is 7.02. The zero-order valence-corrected chi connectivity index (χ0v) is 15.1. The van der Waals surface area contributed by atoms with Crippen molar-refractivity contribution < 1.29 is 0 Å². The van der Waals surface area contributed by atoms with Gasteiger partial charge in [0.1, 0.15) is 5.82 Å². The number of rotatable bonds is 4. The molecule has 0 spiro atoms. The Morgan fingerprint density at radius 2 is 1.62 bits per heavy atom. The molecule has 26 heavy (non-hydrogen) atoms. The summed E-state index contributed by atoms with van der Waals surface area (Å²) < 4.78 is 0. The van der Waals surface area contributed by atoms with Crippen molar-refractivity contribution >= 4 is 17.5 Å². The van der Waals surface area contributed by atoms with Gasteiger partial charge in [0.2, 0.25) is 5.95 Å². The van der Waals surface area contributed by atoms with E-state index >= 15 is 0 Å². The number of benzene rings is 2. The van der Waals surface area contributed by atoms with Crippen LogP contribution in [0.3, 0.4) is 0 Å². The summed E-state index contributed by atoms with van der Waals surface area (Å²) in [7, 11) is 0. The van der Waals surface area contributed by atoms with Crippen LogP contribution in [0, 0.1) is 11.3 Å². The first kappa shape index (κ1) is 17.4. The van der Waals surface area contributed by atoms with Crippen LogP contribution in [-0.4, -0.2) is 15.5 Å². The number of nitrogens with one attached hydrogen (secondary N) is 2. The first-order valence-electron chi connectivity index (χ1n) is 8.43. The number of hydrogen-bond donors (Lipinski definition) is 2. The van der Waals surface area contributed by atoms with E-state index in [-0.39, 0.29) is 5.54 Å². The SMILES string of the molecule is CC(C)(C)Nc1nc(Nc2ccc(C#N)cc2)cc(-c2ccccc2)n1. The Kier molecular flexibility index (Phi) is 4.85. The molecule has 0 atom stereocenters.